The van der Waals surface area contributed by atoms with Gasteiger partial charge in [-0.1, -0.05) is 51.1 Å². The zero-order valence-corrected chi connectivity index (χ0v) is 19.8. The largest absolute Gasteiger partial charge is 0.392 e. The van der Waals surface area contributed by atoms with E-state index in [1.807, 2.05) is 37.1 Å². The molecule has 2 aliphatic carbocycles. The fourth-order valence-electron chi connectivity index (χ4n) is 6.34. The van der Waals surface area contributed by atoms with E-state index in [0.717, 1.165) is 32.1 Å². The Labute approximate surface area is 187 Å². The third-order valence-electron chi connectivity index (χ3n) is 8.26. The minimum Gasteiger partial charge on any atom is -0.392 e. The number of likely N-dealkylation sites (N-methyl/N-ethyl adjacent to an activating group) is 1. The van der Waals surface area contributed by atoms with Crippen molar-refractivity contribution in [2.75, 3.05) is 13.6 Å². The first-order chi connectivity index (χ1) is 14.6. The molecule has 2 N–H and O–H groups in total. The van der Waals surface area contributed by atoms with Crippen LogP contribution in [-0.4, -0.2) is 47.6 Å². The molecule has 0 bridgehead atoms. The smallest absolute Gasteiger partial charge is 0.225 e. The van der Waals surface area contributed by atoms with Crippen molar-refractivity contribution in [3.63, 3.8) is 0 Å². The highest BCUT2D eigenvalue weighted by Gasteiger charge is 2.53. The molecule has 5 heteroatoms. The first-order valence-electron chi connectivity index (χ1n) is 11.9. The standard InChI is InChI=1S/C26H40N2O3/c1-17(25(31)28(5)16-13-20-9-7-6-8-10-20)21-11-14-26(4)15-12-22(27-19(3)29)18(2)23(26)24(21)30/h6-10,17-18,21-24,30H,11-16H2,1-5H3,(H,27,29)/t17-,18+,21?,22-,23+,24-,26-/m0/s1. The molecule has 0 saturated heterocycles. The first kappa shape index (κ1) is 23.8. The maximum Gasteiger partial charge on any atom is 0.225 e. The first-order valence-corrected chi connectivity index (χ1v) is 11.9. The summed E-state index contributed by atoms with van der Waals surface area (Å²) in [5, 5.41) is 14.6. The second kappa shape index (κ2) is 9.72. The monoisotopic (exact) mass is 428 g/mol. The van der Waals surface area contributed by atoms with Gasteiger partial charge in [0.05, 0.1) is 6.10 Å². The summed E-state index contributed by atoms with van der Waals surface area (Å²) in [6.07, 6.45) is 4.19. The molecule has 2 saturated carbocycles. The summed E-state index contributed by atoms with van der Waals surface area (Å²) in [4.78, 5) is 26.7. The van der Waals surface area contributed by atoms with Crippen LogP contribution >= 0.6 is 0 Å². The summed E-state index contributed by atoms with van der Waals surface area (Å²) in [5.74, 6) is 0.147. The quantitative estimate of drug-likeness (QED) is 0.727. The molecule has 1 aromatic carbocycles. The van der Waals surface area contributed by atoms with Gasteiger partial charge in [0.2, 0.25) is 11.8 Å². The summed E-state index contributed by atoms with van der Waals surface area (Å²) in [5.41, 5.74) is 1.30. The minimum absolute atomic E-state index is 0.00844. The maximum absolute atomic E-state index is 13.2. The van der Waals surface area contributed by atoms with Gasteiger partial charge >= 0.3 is 0 Å². The van der Waals surface area contributed by atoms with Gasteiger partial charge in [-0.15, -0.1) is 0 Å². The SMILES string of the molecule is CC(=O)N[C@H]1CC[C@]2(C)CCC([C@H](C)C(=O)N(C)CCc3ccccc3)[C@H](O)[C@H]2[C@@H]1C. The lowest BCUT2D eigenvalue weighted by molar-refractivity contribution is -0.149. The van der Waals surface area contributed by atoms with Crippen LogP contribution in [0.2, 0.25) is 0 Å². The fourth-order valence-corrected chi connectivity index (χ4v) is 6.34. The molecule has 2 aliphatic rings. The highest BCUT2D eigenvalue weighted by Crippen LogP contribution is 2.55. The molecule has 7 atom stereocenters. The van der Waals surface area contributed by atoms with Gasteiger partial charge in [-0.3, -0.25) is 9.59 Å². The summed E-state index contributed by atoms with van der Waals surface area (Å²) >= 11 is 0. The number of fused-ring (bicyclic) bond motifs is 1. The Hall–Kier alpha value is -1.88. The van der Waals surface area contributed by atoms with Crippen LogP contribution in [0.25, 0.3) is 0 Å². The third-order valence-corrected chi connectivity index (χ3v) is 8.26. The molecule has 1 unspecified atom stereocenters. The maximum atomic E-state index is 13.2. The van der Waals surface area contributed by atoms with E-state index >= 15 is 0 Å². The van der Waals surface area contributed by atoms with Gasteiger partial charge in [0.25, 0.3) is 0 Å². The van der Waals surface area contributed by atoms with Crippen molar-refractivity contribution in [1.82, 2.24) is 10.2 Å². The predicted octanol–water partition coefficient (Wildman–Crippen LogP) is 3.65. The molecule has 1 aromatic rings. The van der Waals surface area contributed by atoms with E-state index in [1.165, 1.54) is 5.56 Å². The Balaban J connectivity index is 1.66. The number of carbonyl (C=O) groups is 2. The number of carbonyl (C=O) groups excluding carboxylic acids is 2. The molecule has 31 heavy (non-hydrogen) atoms. The Morgan fingerprint density at radius 1 is 1.23 bits per heavy atom. The van der Waals surface area contributed by atoms with Crippen molar-refractivity contribution in [2.45, 2.75) is 71.9 Å². The van der Waals surface area contributed by atoms with Crippen LogP contribution in [0, 0.1) is 29.1 Å². The molecule has 5 nitrogen and oxygen atoms in total. The molecule has 0 spiro atoms. The highest BCUT2D eigenvalue weighted by molar-refractivity contribution is 5.78. The van der Waals surface area contributed by atoms with E-state index < -0.39 is 6.10 Å². The van der Waals surface area contributed by atoms with Crippen LogP contribution in [0.5, 0.6) is 0 Å². The van der Waals surface area contributed by atoms with Crippen molar-refractivity contribution in [3.05, 3.63) is 35.9 Å². The number of rotatable bonds is 6. The molecule has 2 fully saturated rings. The zero-order chi connectivity index (χ0) is 22.8. The molecule has 0 aromatic heterocycles. The van der Waals surface area contributed by atoms with Crippen LogP contribution in [0.3, 0.4) is 0 Å². The van der Waals surface area contributed by atoms with Crippen molar-refractivity contribution in [3.8, 4) is 0 Å². The van der Waals surface area contributed by atoms with E-state index in [1.54, 1.807) is 6.92 Å². The minimum atomic E-state index is -0.521. The van der Waals surface area contributed by atoms with Gasteiger partial charge in [0.15, 0.2) is 0 Å². The summed E-state index contributed by atoms with van der Waals surface area (Å²) in [7, 11) is 1.87. The van der Waals surface area contributed by atoms with Gasteiger partial charge in [-0.25, -0.2) is 0 Å². The fraction of sp³-hybridized carbons (Fsp3) is 0.692. The second-order valence-corrected chi connectivity index (χ2v) is 10.4. The summed E-state index contributed by atoms with van der Waals surface area (Å²) in [6.45, 7) is 8.67. The van der Waals surface area contributed by atoms with Crippen LogP contribution < -0.4 is 5.32 Å². The lowest BCUT2D eigenvalue weighted by Crippen LogP contribution is -2.58. The number of aliphatic hydroxyl groups excluding tert-OH is 1. The molecule has 0 heterocycles. The normalized spacial score (nSPS) is 33.8. The van der Waals surface area contributed by atoms with E-state index in [2.05, 4.69) is 31.3 Å². The van der Waals surface area contributed by atoms with E-state index in [9.17, 15) is 14.7 Å². The molecule has 172 valence electrons. The van der Waals surface area contributed by atoms with Crippen molar-refractivity contribution < 1.29 is 14.7 Å². The van der Waals surface area contributed by atoms with Gasteiger partial charge < -0.3 is 15.3 Å². The van der Waals surface area contributed by atoms with Gasteiger partial charge in [-0.05, 0) is 60.8 Å². The van der Waals surface area contributed by atoms with Gasteiger partial charge in [-0.2, -0.15) is 0 Å². The average molecular weight is 429 g/mol. The Morgan fingerprint density at radius 2 is 1.87 bits per heavy atom. The number of hydrogen-bond donors (Lipinski definition) is 2. The lowest BCUT2D eigenvalue weighted by Gasteiger charge is -2.56. The van der Waals surface area contributed by atoms with Crippen LogP contribution in [-0.2, 0) is 16.0 Å². The topological polar surface area (TPSA) is 69.6 Å². The second-order valence-electron chi connectivity index (χ2n) is 10.4. The highest BCUT2D eigenvalue weighted by atomic mass is 16.3. The van der Waals surface area contributed by atoms with E-state index in [-0.39, 0.29) is 46.9 Å². The third kappa shape index (κ3) is 5.14. The molecule has 0 radical (unpaired) electrons. The van der Waals surface area contributed by atoms with E-state index in [0.29, 0.717) is 6.54 Å². The number of aliphatic hydroxyl groups is 1. The van der Waals surface area contributed by atoms with Crippen LogP contribution in [0.1, 0.15) is 58.9 Å². The molecule has 0 aliphatic heterocycles. The molecule has 3 rings (SSSR count). The number of nitrogens with one attached hydrogen (secondary N) is 1. The van der Waals surface area contributed by atoms with Crippen molar-refractivity contribution >= 4 is 11.8 Å². The number of amides is 2. The summed E-state index contributed by atoms with van der Waals surface area (Å²) in [6, 6.07) is 10.3. The predicted molar refractivity (Wildman–Crippen MR) is 123 cm³/mol. The van der Waals surface area contributed by atoms with Crippen LogP contribution in [0.4, 0.5) is 0 Å². The van der Waals surface area contributed by atoms with Crippen molar-refractivity contribution in [2.24, 2.45) is 29.1 Å². The molecule has 2 amide bonds. The van der Waals surface area contributed by atoms with Gasteiger partial charge in [0.1, 0.15) is 0 Å². The summed E-state index contributed by atoms with van der Waals surface area (Å²) < 4.78 is 0. The van der Waals surface area contributed by atoms with Gasteiger partial charge in [0, 0.05) is 32.5 Å². The number of benzene rings is 1. The number of nitrogens with zero attached hydrogens (tertiary/aromatic N) is 1. The average Bonchev–Trinajstić information content (AvgIpc) is 2.74. The Kier molecular flexibility index (Phi) is 7.46. The Bertz CT molecular complexity index is 767. The zero-order valence-electron chi connectivity index (χ0n) is 19.8. The molecular weight excluding hydrogens is 388 g/mol. The van der Waals surface area contributed by atoms with Crippen LogP contribution in [0.15, 0.2) is 30.3 Å². The van der Waals surface area contributed by atoms with E-state index in [4.69, 9.17) is 0 Å². The number of hydrogen-bond acceptors (Lipinski definition) is 3. The lowest BCUT2D eigenvalue weighted by atomic mass is 9.51. The Morgan fingerprint density at radius 3 is 2.52 bits per heavy atom. The van der Waals surface area contributed by atoms with Crippen molar-refractivity contribution in [1.29, 1.82) is 0 Å². The molecular formula is C26H40N2O3.